The van der Waals surface area contributed by atoms with Gasteiger partial charge in [-0.1, -0.05) is 32.4 Å². The second kappa shape index (κ2) is 6.96. The van der Waals surface area contributed by atoms with E-state index in [-0.39, 0.29) is 0 Å². The Morgan fingerprint density at radius 3 is 2.58 bits per heavy atom. The third-order valence-corrected chi connectivity index (χ3v) is 2.06. The van der Waals surface area contributed by atoms with Gasteiger partial charge in [-0.2, -0.15) is 0 Å². The van der Waals surface area contributed by atoms with E-state index in [4.69, 9.17) is 5.73 Å². The number of allylic oxidation sites excluding steroid dienone is 2. The van der Waals surface area contributed by atoms with Crippen molar-refractivity contribution in [1.29, 1.82) is 0 Å². The molecule has 0 fully saturated rings. The molecular weight excluding hydrogens is 146 g/mol. The van der Waals surface area contributed by atoms with Crippen LogP contribution in [0.25, 0.3) is 0 Å². The van der Waals surface area contributed by atoms with Crippen molar-refractivity contribution >= 4 is 0 Å². The molecule has 0 aromatic heterocycles. The van der Waals surface area contributed by atoms with Crippen LogP contribution in [-0.2, 0) is 0 Å². The van der Waals surface area contributed by atoms with E-state index in [9.17, 15) is 0 Å². The van der Waals surface area contributed by atoms with Gasteiger partial charge in [-0.3, -0.25) is 0 Å². The molecule has 1 unspecified atom stereocenters. The van der Waals surface area contributed by atoms with Crippen LogP contribution in [0.15, 0.2) is 24.9 Å². The Kier molecular flexibility index (Phi) is 6.54. The number of nitrogens with two attached hydrogens (primary N) is 1. The van der Waals surface area contributed by atoms with E-state index in [1.54, 1.807) is 0 Å². The van der Waals surface area contributed by atoms with Crippen LogP contribution >= 0.6 is 0 Å². The fraction of sp³-hybridized carbons (Fsp3) is 0.636. The number of rotatable bonds is 7. The normalized spacial score (nSPS) is 12.4. The van der Waals surface area contributed by atoms with Gasteiger partial charge in [0, 0.05) is 5.70 Å². The summed E-state index contributed by atoms with van der Waals surface area (Å²) in [6.07, 6.45) is 7.96. The first kappa shape index (κ1) is 11.3. The Morgan fingerprint density at radius 2 is 2.08 bits per heavy atom. The van der Waals surface area contributed by atoms with Crippen LogP contribution in [0.3, 0.4) is 0 Å². The Bertz CT molecular complexity index is 138. The predicted octanol–water partition coefficient (Wildman–Crippen LogP) is 3.23. The standard InChI is InChI=1S/C11H21N/c1-4-10(2)8-6-5-7-9-11(3)12/h4,10H,1,3,5-9,12H2,2H3. The lowest BCUT2D eigenvalue weighted by Crippen LogP contribution is -1.94. The molecule has 1 heteroatoms. The molecule has 0 aromatic rings. The molecule has 0 aliphatic rings. The highest BCUT2D eigenvalue weighted by molar-refractivity contribution is 4.85. The van der Waals surface area contributed by atoms with Gasteiger partial charge in [0.25, 0.3) is 0 Å². The summed E-state index contributed by atoms with van der Waals surface area (Å²) in [5.41, 5.74) is 6.26. The zero-order chi connectivity index (χ0) is 9.40. The van der Waals surface area contributed by atoms with E-state index in [2.05, 4.69) is 20.1 Å². The minimum atomic E-state index is 0.658. The van der Waals surface area contributed by atoms with Gasteiger partial charge in [0.05, 0.1) is 0 Å². The molecule has 2 N–H and O–H groups in total. The van der Waals surface area contributed by atoms with E-state index in [1.807, 2.05) is 6.08 Å². The largest absolute Gasteiger partial charge is 0.403 e. The molecule has 12 heavy (non-hydrogen) atoms. The van der Waals surface area contributed by atoms with Gasteiger partial charge in [-0.05, 0) is 25.2 Å². The maximum absolute atomic E-state index is 5.45. The third kappa shape index (κ3) is 7.39. The van der Waals surface area contributed by atoms with Crippen LogP contribution in [-0.4, -0.2) is 0 Å². The number of hydrogen-bond donors (Lipinski definition) is 1. The van der Waals surface area contributed by atoms with Crippen molar-refractivity contribution in [3.05, 3.63) is 24.9 Å². The lowest BCUT2D eigenvalue weighted by atomic mass is 10.0. The highest BCUT2D eigenvalue weighted by atomic mass is 14.5. The van der Waals surface area contributed by atoms with Gasteiger partial charge in [-0.25, -0.2) is 0 Å². The lowest BCUT2D eigenvalue weighted by molar-refractivity contribution is 0.564. The molecule has 0 saturated carbocycles. The zero-order valence-corrected chi connectivity index (χ0v) is 8.18. The second-order valence-electron chi connectivity index (χ2n) is 3.47. The SMILES string of the molecule is C=CC(C)CCCCCC(=C)N. The van der Waals surface area contributed by atoms with Gasteiger partial charge in [0.2, 0.25) is 0 Å². The van der Waals surface area contributed by atoms with Crippen LogP contribution in [0.1, 0.15) is 39.0 Å². The first-order valence-corrected chi connectivity index (χ1v) is 4.72. The average Bonchev–Trinajstić information content (AvgIpc) is 2.03. The summed E-state index contributed by atoms with van der Waals surface area (Å²) in [6.45, 7) is 9.62. The van der Waals surface area contributed by atoms with Crippen molar-refractivity contribution in [2.45, 2.75) is 39.0 Å². The monoisotopic (exact) mass is 167 g/mol. The van der Waals surface area contributed by atoms with Crippen LogP contribution < -0.4 is 5.73 Å². The molecule has 1 atom stereocenters. The summed E-state index contributed by atoms with van der Waals surface area (Å²) in [6, 6.07) is 0. The quantitative estimate of drug-likeness (QED) is 0.457. The van der Waals surface area contributed by atoms with E-state index in [1.165, 1.54) is 25.7 Å². The summed E-state index contributed by atoms with van der Waals surface area (Å²) in [4.78, 5) is 0. The molecule has 0 aliphatic heterocycles. The highest BCUT2D eigenvalue weighted by Gasteiger charge is 1.95. The molecule has 0 radical (unpaired) electrons. The molecular formula is C11H21N. The third-order valence-electron chi connectivity index (χ3n) is 2.06. The molecule has 0 amide bonds. The van der Waals surface area contributed by atoms with Crippen molar-refractivity contribution in [1.82, 2.24) is 0 Å². The predicted molar refractivity (Wildman–Crippen MR) is 55.8 cm³/mol. The summed E-state index contributed by atoms with van der Waals surface area (Å²) in [7, 11) is 0. The molecule has 0 aromatic carbocycles. The minimum absolute atomic E-state index is 0.658. The van der Waals surface area contributed by atoms with Gasteiger partial charge < -0.3 is 5.73 Å². The smallest absolute Gasteiger partial charge is 0.000744 e. The molecule has 0 spiro atoms. The molecule has 70 valence electrons. The number of hydrogen-bond acceptors (Lipinski definition) is 1. The van der Waals surface area contributed by atoms with Gasteiger partial charge in [0.1, 0.15) is 0 Å². The highest BCUT2D eigenvalue weighted by Crippen LogP contribution is 2.11. The summed E-state index contributed by atoms with van der Waals surface area (Å²) in [5.74, 6) is 0.658. The van der Waals surface area contributed by atoms with Crippen LogP contribution in [0, 0.1) is 5.92 Å². The molecule has 0 rings (SSSR count). The van der Waals surface area contributed by atoms with Crippen LogP contribution in [0.5, 0.6) is 0 Å². The molecule has 0 heterocycles. The van der Waals surface area contributed by atoms with Gasteiger partial charge in [0.15, 0.2) is 0 Å². The van der Waals surface area contributed by atoms with E-state index < -0.39 is 0 Å². The van der Waals surface area contributed by atoms with E-state index >= 15 is 0 Å². The van der Waals surface area contributed by atoms with Crippen molar-refractivity contribution < 1.29 is 0 Å². The van der Waals surface area contributed by atoms with Crippen LogP contribution in [0.4, 0.5) is 0 Å². The van der Waals surface area contributed by atoms with Crippen molar-refractivity contribution in [3.63, 3.8) is 0 Å². The fourth-order valence-corrected chi connectivity index (χ4v) is 1.11. The Labute approximate surface area is 76.3 Å². The minimum Gasteiger partial charge on any atom is -0.403 e. The first-order valence-electron chi connectivity index (χ1n) is 4.72. The summed E-state index contributed by atoms with van der Waals surface area (Å²) >= 11 is 0. The Morgan fingerprint density at radius 1 is 1.42 bits per heavy atom. The fourth-order valence-electron chi connectivity index (χ4n) is 1.11. The van der Waals surface area contributed by atoms with Gasteiger partial charge in [-0.15, -0.1) is 6.58 Å². The van der Waals surface area contributed by atoms with Crippen molar-refractivity contribution in [3.8, 4) is 0 Å². The summed E-state index contributed by atoms with van der Waals surface area (Å²) in [5, 5.41) is 0. The number of unbranched alkanes of at least 4 members (excludes halogenated alkanes) is 2. The topological polar surface area (TPSA) is 26.0 Å². The van der Waals surface area contributed by atoms with Crippen molar-refractivity contribution in [2.24, 2.45) is 11.7 Å². The van der Waals surface area contributed by atoms with Crippen molar-refractivity contribution in [2.75, 3.05) is 0 Å². The second-order valence-corrected chi connectivity index (χ2v) is 3.47. The molecule has 0 saturated heterocycles. The Balaban J connectivity index is 3.10. The molecule has 0 bridgehead atoms. The summed E-state index contributed by atoms with van der Waals surface area (Å²) < 4.78 is 0. The maximum atomic E-state index is 5.45. The zero-order valence-electron chi connectivity index (χ0n) is 8.18. The molecule has 1 nitrogen and oxygen atoms in total. The van der Waals surface area contributed by atoms with Crippen LogP contribution in [0.2, 0.25) is 0 Å². The average molecular weight is 167 g/mol. The lowest BCUT2D eigenvalue weighted by Gasteiger charge is -2.04. The first-order chi connectivity index (χ1) is 5.66. The van der Waals surface area contributed by atoms with E-state index in [0.29, 0.717) is 5.92 Å². The Hall–Kier alpha value is -0.720. The van der Waals surface area contributed by atoms with E-state index in [0.717, 1.165) is 12.1 Å². The van der Waals surface area contributed by atoms with Gasteiger partial charge >= 0.3 is 0 Å². The molecule has 0 aliphatic carbocycles. The maximum Gasteiger partial charge on any atom is 0.000744 e.